The summed E-state index contributed by atoms with van der Waals surface area (Å²) in [5.74, 6) is -4.76. The maximum absolute atomic E-state index is 14.3. The Morgan fingerprint density at radius 2 is 1.83 bits per heavy atom. The van der Waals surface area contributed by atoms with E-state index in [4.69, 9.17) is 23.1 Å². The molecule has 52 heavy (non-hydrogen) atoms. The van der Waals surface area contributed by atoms with Crippen LogP contribution in [-0.4, -0.2) is 102 Å². The van der Waals surface area contributed by atoms with Crippen LogP contribution in [0.2, 0.25) is 0 Å². The predicted molar refractivity (Wildman–Crippen MR) is 196 cm³/mol. The maximum atomic E-state index is 14.3. The number of carbonyl (C=O) groups is 4. The molecule has 0 saturated carbocycles. The monoisotopic (exact) mass is 735 g/mol. The number of allylic oxidation sites excluding steroid dienone is 2. The van der Waals surface area contributed by atoms with E-state index in [9.17, 15) is 39.6 Å². The topological polar surface area (TPSA) is 254 Å². The number of nitrogens with zero attached hydrogens (tertiary/aromatic N) is 3. The van der Waals surface area contributed by atoms with Crippen LogP contribution in [-0.2, 0) is 14.4 Å². The number of para-hydroxylation sites is 1. The molecule has 0 unspecified atom stereocenters. The second-order valence-corrected chi connectivity index (χ2v) is 13.5. The summed E-state index contributed by atoms with van der Waals surface area (Å²) in [6, 6.07) is 7.92. The number of halogens is 1. The molecule has 0 spiro atoms. The Hall–Kier alpha value is -5.51. The molecule has 0 aliphatic carbocycles. The van der Waals surface area contributed by atoms with Gasteiger partial charge in [0.1, 0.15) is 23.5 Å². The molecule has 0 bridgehead atoms. The van der Waals surface area contributed by atoms with Crippen molar-refractivity contribution in [3.05, 3.63) is 77.6 Å². The van der Waals surface area contributed by atoms with E-state index in [1.165, 1.54) is 39.0 Å². The molecule has 5 atom stereocenters. The van der Waals surface area contributed by atoms with E-state index in [1.807, 2.05) is 12.1 Å². The number of hydrogen-bond donors (Lipinski definition) is 8. The Kier molecular flexibility index (Phi) is 11.9. The van der Waals surface area contributed by atoms with Crippen molar-refractivity contribution in [2.24, 2.45) is 16.5 Å². The Bertz CT molecular complexity index is 1990. The van der Waals surface area contributed by atoms with Gasteiger partial charge in [-0.3, -0.25) is 24.4 Å². The van der Waals surface area contributed by atoms with E-state index in [0.29, 0.717) is 27.6 Å². The van der Waals surface area contributed by atoms with E-state index in [2.05, 4.69) is 27.2 Å². The number of aliphatic hydroxyl groups excluding tert-OH is 1. The van der Waals surface area contributed by atoms with E-state index >= 15 is 0 Å². The zero-order chi connectivity index (χ0) is 38.7. The highest BCUT2D eigenvalue weighted by Gasteiger charge is 2.52. The number of aliphatic imine (C=N–C) groups is 1. The van der Waals surface area contributed by atoms with Crippen LogP contribution in [0.25, 0.3) is 27.6 Å². The van der Waals surface area contributed by atoms with Crippen molar-refractivity contribution < 1.29 is 39.6 Å². The lowest BCUT2D eigenvalue weighted by atomic mass is 9.91. The summed E-state index contributed by atoms with van der Waals surface area (Å²) in [6.45, 7) is 9.41. The SMILES string of the molecule is C=C(C)c1cnc2ccccc2c1-c1cc(C(=O)N[C@H](C(=O)N2CC[C@@](C)(O)[C@H]2C(=O)NC(C(=O)O)=C(C)C)[C@@H](Cl)[C@@H](O)CN=C(N)N)ccc1O. The minimum atomic E-state index is -1.82. The number of carboxylic acids is 1. The van der Waals surface area contributed by atoms with Gasteiger partial charge in [0.2, 0.25) is 11.8 Å². The number of guanidine groups is 1. The highest BCUT2D eigenvalue weighted by atomic mass is 35.5. The lowest BCUT2D eigenvalue weighted by Crippen LogP contribution is -2.61. The van der Waals surface area contributed by atoms with Gasteiger partial charge in [0.15, 0.2) is 5.96 Å². The van der Waals surface area contributed by atoms with Crippen LogP contribution < -0.4 is 22.1 Å². The number of benzene rings is 2. The molecule has 4 rings (SSSR count). The molecule has 1 saturated heterocycles. The molecule has 1 fully saturated rings. The highest BCUT2D eigenvalue weighted by Crippen LogP contribution is 2.39. The first kappa shape index (κ1) is 39.3. The van der Waals surface area contributed by atoms with Crippen LogP contribution >= 0.6 is 11.6 Å². The van der Waals surface area contributed by atoms with Crippen molar-refractivity contribution in [3.8, 4) is 16.9 Å². The largest absolute Gasteiger partial charge is 0.507 e. The fraction of sp³-hybridized carbons (Fsp3) is 0.333. The summed E-state index contributed by atoms with van der Waals surface area (Å²) in [7, 11) is 0. The van der Waals surface area contributed by atoms with Crippen LogP contribution in [0.5, 0.6) is 5.75 Å². The molecular weight excluding hydrogens is 694 g/mol. The summed E-state index contributed by atoms with van der Waals surface area (Å²) in [6.07, 6.45) is -0.0786. The van der Waals surface area contributed by atoms with E-state index in [0.717, 1.165) is 4.90 Å². The first-order valence-corrected chi connectivity index (χ1v) is 16.6. The Morgan fingerprint density at radius 1 is 1.15 bits per heavy atom. The number of carboxylic acid groups (broad SMARTS) is 1. The average Bonchev–Trinajstić information content (AvgIpc) is 3.41. The van der Waals surface area contributed by atoms with Crippen LogP contribution in [0.15, 0.2) is 71.5 Å². The molecule has 10 N–H and O–H groups in total. The van der Waals surface area contributed by atoms with Gasteiger partial charge < -0.3 is 47.4 Å². The van der Waals surface area contributed by atoms with Gasteiger partial charge in [-0.05, 0) is 69.5 Å². The van der Waals surface area contributed by atoms with Crippen molar-refractivity contribution in [2.45, 2.75) is 63.3 Å². The smallest absolute Gasteiger partial charge is 0.352 e. The molecule has 2 heterocycles. The normalized spacial score (nSPS) is 18.5. The number of phenolic OH excluding ortho intramolecular Hbond substituents is 1. The van der Waals surface area contributed by atoms with Crippen molar-refractivity contribution in [1.29, 1.82) is 0 Å². The summed E-state index contributed by atoms with van der Waals surface area (Å²) in [5.41, 5.74) is 11.5. The molecule has 3 aromatic rings. The fourth-order valence-corrected chi connectivity index (χ4v) is 6.28. The number of aliphatic hydroxyl groups is 2. The van der Waals surface area contributed by atoms with Crippen LogP contribution in [0.1, 0.15) is 50.0 Å². The first-order chi connectivity index (χ1) is 24.3. The highest BCUT2D eigenvalue weighted by molar-refractivity contribution is 6.23. The number of carbonyl (C=O) groups excluding carboxylic acids is 3. The molecule has 1 aliphatic heterocycles. The molecule has 0 radical (unpaired) electrons. The molecular formula is C36H42ClN7O8. The number of phenols is 1. The third-order valence-electron chi connectivity index (χ3n) is 8.72. The minimum Gasteiger partial charge on any atom is -0.507 e. The summed E-state index contributed by atoms with van der Waals surface area (Å²) >= 11 is 6.66. The zero-order valence-corrected chi connectivity index (χ0v) is 29.8. The second kappa shape index (κ2) is 15.8. The lowest BCUT2D eigenvalue weighted by molar-refractivity contribution is -0.145. The maximum Gasteiger partial charge on any atom is 0.352 e. The van der Waals surface area contributed by atoms with Gasteiger partial charge in [-0.2, -0.15) is 0 Å². The van der Waals surface area contributed by atoms with Crippen LogP contribution in [0.3, 0.4) is 0 Å². The van der Waals surface area contributed by atoms with Gasteiger partial charge >= 0.3 is 5.97 Å². The number of aromatic nitrogens is 1. The van der Waals surface area contributed by atoms with Crippen molar-refractivity contribution in [2.75, 3.05) is 13.1 Å². The van der Waals surface area contributed by atoms with Crippen molar-refractivity contribution >= 4 is 57.7 Å². The number of likely N-dealkylation sites (tertiary alicyclic amines) is 1. The molecule has 1 aliphatic rings. The lowest BCUT2D eigenvalue weighted by Gasteiger charge is -2.34. The molecule has 3 amide bonds. The summed E-state index contributed by atoms with van der Waals surface area (Å²) in [5, 5.41) is 46.7. The average molecular weight is 736 g/mol. The van der Waals surface area contributed by atoms with Gasteiger partial charge in [-0.25, -0.2) is 4.79 Å². The number of nitrogens with one attached hydrogen (secondary N) is 2. The first-order valence-electron chi connectivity index (χ1n) is 16.2. The Morgan fingerprint density at radius 3 is 2.44 bits per heavy atom. The van der Waals surface area contributed by atoms with Gasteiger partial charge in [-0.15, -0.1) is 11.6 Å². The summed E-state index contributed by atoms with van der Waals surface area (Å²) < 4.78 is 0. The number of hydrogen-bond acceptors (Lipinski definition) is 9. The van der Waals surface area contributed by atoms with Gasteiger partial charge in [0, 0.05) is 40.4 Å². The Labute approximate surface area is 304 Å². The van der Waals surface area contributed by atoms with Gasteiger partial charge in [0.25, 0.3) is 5.91 Å². The standard InChI is InChI=1S/C36H42ClN7O8/c1-17(2)22-15-40-23-9-7-6-8-20(23)26(22)21-14-19(10-11-24(21)45)31(47)43-29(27(37)25(46)16-41-35(38)39)33(49)44-13-12-36(5,52)30(44)32(48)42-28(18(3)4)34(50)51/h6-11,14-15,25,27,29-30,45-46,52H,1,12-13,16H2,2-5H3,(H,42,48)(H,43,47)(H,50,51)(H4,38,39,41)/t25-,27-,29-,30+,36+/m0/s1. The fourth-order valence-electron chi connectivity index (χ4n) is 6.03. The van der Waals surface area contributed by atoms with E-state index in [-0.39, 0.29) is 41.4 Å². The Balaban J connectivity index is 1.77. The number of aliphatic carboxylic acids is 1. The number of rotatable bonds is 12. The van der Waals surface area contributed by atoms with Crippen LogP contribution in [0.4, 0.5) is 0 Å². The van der Waals surface area contributed by atoms with Crippen molar-refractivity contribution in [1.82, 2.24) is 20.5 Å². The predicted octanol–water partition coefficient (Wildman–Crippen LogP) is 1.83. The number of aromatic hydroxyl groups is 1. The van der Waals surface area contributed by atoms with Crippen LogP contribution in [0, 0.1) is 0 Å². The number of amides is 3. The van der Waals surface area contributed by atoms with Crippen molar-refractivity contribution in [3.63, 3.8) is 0 Å². The minimum absolute atomic E-state index is 0.0147. The number of alkyl halides is 1. The third kappa shape index (κ3) is 8.33. The molecule has 15 nitrogen and oxygen atoms in total. The zero-order valence-electron chi connectivity index (χ0n) is 29.1. The molecule has 2 aromatic carbocycles. The molecule has 276 valence electrons. The number of pyridine rings is 1. The second-order valence-electron chi connectivity index (χ2n) is 13.0. The van der Waals surface area contributed by atoms with Gasteiger partial charge in [0.05, 0.1) is 29.1 Å². The number of fused-ring (bicyclic) bond motifs is 1. The van der Waals surface area contributed by atoms with Gasteiger partial charge in [-0.1, -0.05) is 24.8 Å². The molecule has 16 heteroatoms. The molecule has 1 aromatic heterocycles. The van der Waals surface area contributed by atoms with E-state index < -0.39 is 65.1 Å². The number of nitrogens with two attached hydrogens (primary N) is 2. The summed E-state index contributed by atoms with van der Waals surface area (Å²) in [4.78, 5) is 62.8. The quantitative estimate of drug-likeness (QED) is 0.0576. The van der Waals surface area contributed by atoms with E-state index in [1.54, 1.807) is 25.3 Å². The third-order valence-corrected chi connectivity index (χ3v) is 9.26.